The van der Waals surface area contributed by atoms with Crippen LogP contribution in [0.15, 0.2) is 17.4 Å². The van der Waals surface area contributed by atoms with E-state index in [0.717, 1.165) is 0 Å². The summed E-state index contributed by atoms with van der Waals surface area (Å²) in [4.78, 5) is 0. The molecule has 1 rings (SSSR count). The minimum absolute atomic E-state index is 0.0383. The molecule has 0 saturated heterocycles. The van der Waals surface area contributed by atoms with E-state index in [1.807, 2.05) is 13.8 Å². The zero-order valence-corrected chi connectivity index (χ0v) is 8.71. The average molecular weight is 210 g/mol. The van der Waals surface area contributed by atoms with Gasteiger partial charge < -0.3 is 15.7 Å². The lowest BCUT2D eigenvalue weighted by molar-refractivity contribution is 0.257. The first-order valence-electron chi connectivity index (χ1n) is 4.57. The van der Waals surface area contributed by atoms with Crippen LogP contribution in [0.2, 0.25) is 0 Å². The van der Waals surface area contributed by atoms with Gasteiger partial charge in [-0.3, -0.25) is 0 Å². The van der Waals surface area contributed by atoms with Crippen molar-refractivity contribution in [2.24, 2.45) is 16.8 Å². The van der Waals surface area contributed by atoms with Crippen molar-refractivity contribution in [1.29, 1.82) is 0 Å². The molecule has 6 nitrogen and oxygen atoms in total. The molecule has 1 aromatic rings. The number of aromatic nitrogens is 2. The van der Waals surface area contributed by atoms with Crippen molar-refractivity contribution in [2.75, 3.05) is 6.61 Å². The first kappa shape index (κ1) is 11.2. The molecule has 0 aliphatic heterocycles. The predicted octanol–water partition coefficient (Wildman–Crippen LogP) is 0.606. The Morgan fingerprint density at radius 2 is 2.40 bits per heavy atom. The Morgan fingerprint density at radius 3 is 3.00 bits per heavy atom. The first-order chi connectivity index (χ1) is 7.15. The quantitative estimate of drug-likeness (QED) is 0.328. The van der Waals surface area contributed by atoms with E-state index in [0.29, 0.717) is 18.1 Å². The van der Waals surface area contributed by atoms with E-state index >= 15 is 0 Å². The van der Waals surface area contributed by atoms with E-state index in [1.54, 1.807) is 6.07 Å². The van der Waals surface area contributed by atoms with Gasteiger partial charge in [-0.15, -0.1) is 5.10 Å². The van der Waals surface area contributed by atoms with Crippen LogP contribution in [-0.2, 0) is 0 Å². The number of rotatable bonds is 4. The summed E-state index contributed by atoms with van der Waals surface area (Å²) in [7, 11) is 0. The molecule has 0 bridgehead atoms. The number of nitrogens with zero attached hydrogens (tertiary/aromatic N) is 3. The van der Waals surface area contributed by atoms with Gasteiger partial charge in [-0.1, -0.05) is 19.0 Å². The Balaban J connectivity index is 2.87. The van der Waals surface area contributed by atoms with Crippen LogP contribution in [-0.4, -0.2) is 27.8 Å². The molecular formula is C9H14N4O2. The second kappa shape index (κ2) is 5.14. The van der Waals surface area contributed by atoms with E-state index in [2.05, 4.69) is 15.4 Å². The maximum absolute atomic E-state index is 8.55. The highest BCUT2D eigenvalue weighted by atomic mass is 16.5. The van der Waals surface area contributed by atoms with Crippen molar-refractivity contribution in [1.82, 2.24) is 10.2 Å². The largest absolute Gasteiger partial charge is 0.476 e. The molecule has 0 unspecified atom stereocenters. The molecule has 0 saturated carbocycles. The third kappa shape index (κ3) is 3.08. The molecule has 82 valence electrons. The van der Waals surface area contributed by atoms with Crippen LogP contribution in [0, 0.1) is 5.92 Å². The van der Waals surface area contributed by atoms with Crippen molar-refractivity contribution in [3.05, 3.63) is 17.8 Å². The van der Waals surface area contributed by atoms with Crippen LogP contribution in [0.5, 0.6) is 5.88 Å². The van der Waals surface area contributed by atoms with Crippen molar-refractivity contribution >= 4 is 5.84 Å². The maximum atomic E-state index is 8.55. The van der Waals surface area contributed by atoms with Crippen molar-refractivity contribution in [3.8, 4) is 5.88 Å². The summed E-state index contributed by atoms with van der Waals surface area (Å²) >= 11 is 0. The van der Waals surface area contributed by atoms with Gasteiger partial charge in [-0.2, -0.15) is 5.10 Å². The second-order valence-electron chi connectivity index (χ2n) is 3.44. The number of nitrogens with two attached hydrogens (primary N) is 1. The molecule has 0 aromatic carbocycles. The Hall–Kier alpha value is -1.85. The SMILES string of the molecule is CC(C)COc1nnccc1/C(N)=N/O. The summed E-state index contributed by atoms with van der Waals surface area (Å²) in [6.45, 7) is 4.53. The van der Waals surface area contributed by atoms with E-state index in [4.69, 9.17) is 15.7 Å². The summed E-state index contributed by atoms with van der Waals surface area (Å²) in [5.74, 6) is 0.609. The van der Waals surface area contributed by atoms with Gasteiger partial charge in [0.2, 0.25) is 5.88 Å². The Labute approximate surface area is 87.8 Å². The topological polar surface area (TPSA) is 93.6 Å². The minimum atomic E-state index is -0.0383. The molecule has 15 heavy (non-hydrogen) atoms. The predicted molar refractivity (Wildman–Crippen MR) is 54.9 cm³/mol. The molecule has 3 N–H and O–H groups in total. The lowest BCUT2D eigenvalue weighted by Crippen LogP contribution is -2.17. The van der Waals surface area contributed by atoms with Crippen molar-refractivity contribution in [2.45, 2.75) is 13.8 Å². The summed E-state index contributed by atoms with van der Waals surface area (Å²) < 4.78 is 5.38. The fraction of sp³-hybridized carbons (Fsp3) is 0.444. The zero-order valence-electron chi connectivity index (χ0n) is 8.71. The van der Waals surface area contributed by atoms with Crippen molar-refractivity contribution in [3.63, 3.8) is 0 Å². The minimum Gasteiger partial charge on any atom is -0.476 e. The van der Waals surface area contributed by atoms with Gasteiger partial charge >= 0.3 is 0 Å². The van der Waals surface area contributed by atoms with Gasteiger partial charge in [0.1, 0.15) is 0 Å². The number of amidine groups is 1. The lowest BCUT2D eigenvalue weighted by atomic mass is 10.2. The fourth-order valence-corrected chi connectivity index (χ4v) is 0.920. The third-order valence-corrected chi connectivity index (χ3v) is 1.62. The zero-order chi connectivity index (χ0) is 11.3. The molecule has 0 aliphatic carbocycles. The molecule has 1 aromatic heterocycles. The van der Waals surface area contributed by atoms with Gasteiger partial charge in [-0.25, -0.2) is 0 Å². The summed E-state index contributed by atoms with van der Waals surface area (Å²) in [6.07, 6.45) is 1.45. The molecule has 6 heteroatoms. The van der Waals surface area contributed by atoms with E-state index in [1.165, 1.54) is 6.20 Å². The highest BCUT2D eigenvalue weighted by molar-refractivity contribution is 5.98. The Kier molecular flexibility index (Phi) is 3.84. The lowest BCUT2D eigenvalue weighted by Gasteiger charge is -2.09. The maximum Gasteiger partial charge on any atom is 0.244 e. The Bertz CT molecular complexity index is 352. The molecule has 1 heterocycles. The molecule has 0 spiro atoms. The average Bonchev–Trinajstić information content (AvgIpc) is 2.25. The van der Waals surface area contributed by atoms with Gasteiger partial charge in [0.15, 0.2) is 5.84 Å². The van der Waals surface area contributed by atoms with Crippen LogP contribution in [0.4, 0.5) is 0 Å². The highest BCUT2D eigenvalue weighted by Crippen LogP contribution is 2.13. The van der Waals surface area contributed by atoms with E-state index < -0.39 is 0 Å². The van der Waals surface area contributed by atoms with Gasteiger partial charge in [0.05, 0.1) is 18.4 Å². The summed E-state index contributed by atoms with van der Waals surface area (Å²) in [5, 5.41) is 18.9. The summed E-state index contributed by atoms with van der Waals surface area (Å²) in [5.41, 5.74) is 5.89. The van der Waals surface area contributed by atoms with Crippen LogP contribution in [0.1, 0.15) is 19.4 Å². The molecule has 0 aliphatic rings. The second-order valence-corrected chi connectivity index (χ2v) is 3.44. The number of ether oxygens (including phenoxy) is 1. The number of oxime groups is 1. The smallest absolute Gasteiger partial charge is 0.244 e. The molecule has 0 fully saturated rings. The van der Waals surface area contributed by atoms with Gasteiger partial charge in [0.25, 0.3) is 0 Å². The van der Waals surface area contributed by atoms with E-state index in [-0.39, 0.29) is 11.7 Å². The molecular weight excluding hydrogens is 196 g/mol. The Morgan fingerprint density at radius 1 is 1.67 bits per heavy atom. The van der Waals surface area contributed by atoms with Crippen molar-refractivity contribution < 1.29 is 9.94 Å². The van der Waals surface area contributed by atoms with Crippen LogP contribution >= 0.6 is 0 Å². The normalized spacial score (nSPS) is 11.8. The first-order valence-corrected chi connectivity index (χ1v) is 4.57. The highest BCUT2D eigenvalue weighted by Gasteiger charge is 2.10. The van der Waals surface area contributed by atoms with Crippen LogP contribution < -0.4 is 10.5 Å². The van der Waals surface area contributed by atoms with Gasteiger partial charge in [-0.05, 0) is 12.0 Å². The molecule has 0 amide bonds. The third-order valence-electron chi connectivity index (χ3n) is 1.62. The number of hydrogen-bond acceptors (Lipinski definition) is 5. The van der Waals surface area contributed by atoms with Crippen LogP contribution in [0.3, 0.4) is 0 Å². The fourth-order valence-electron chi connectivity index (χ4n) is 0.920. The monoisotopic (exact) mass is 210 g/mol. The number of hydrogen-bond donors (Lipinski definition) is 2. The summed E-state index contributed by atoms with van der Waals surface area (Å²) in [6, 6.07) is 1.58. The van der Waals surface area contributed by atoms with Crippen LogP contribution in [0.25, 0.3) is 0 Å². The van der Waals surface area contributed by atoms with E-state index in [9.17, 15) is 0 Å². The standard InChI is InChI=1S/C9H14N4O2/c1-6(2)5-15-9-7(8(10)13-14)3-4-11-12-9/h3-4,6,14H,5H2,1-2H3,(H2,10,13). The molecule has 0 radical (unpaired) electrons. The molecule has 0 atom stereocenters. The van der Waals surface area contributed by atoms with Gasteiger partial charge in [0, 0.05) is 0 Å².